The molecule has 0 saturated carbocycles. The van der Waals surface area contributed by atoms with E-state index in [4.69, 9.17) is 0 Å². The molecular formula is C12H24N2O. The monoisotopic (exact) mass is 212 g/mol. The molecule has 3 nitrogen and oxygen atoms in total. The molecule has 0 saturated heterocycles. The molecule has 0 rings (SSSR count). The Hall–Kier alpha value is -0.830. The van der Waals surface area contributed by atoms with E-state index in [0.717, 1.165) is 12.8 Å². The van der Waals surface area contributed by atoms with Crippen molar-refractivity contribution in [2.45, 2.75) is 39.0 Å². The minimum atomic E-state index is 0.129. The summed E-state index contributed by atoms with van der Waals surface area (Å²) in [5.74, 6) is 0.129. The fourth-order valence-corrected chi connectivity index (χ4v) is 1.11. The first-order valence-electron chi connectivity index (χ1n) is 5.73. The van der Waals surface area contributed by atoms with Crippen molar-refractivity contribution in [3.63, 3.8) is 0 Å². The molecule has 3 heteroatoms. The molecule has 88 valence electrons. The zero-order chi connectivity index (χ0) is 11.5. The number of amides is 1. The standard InChI is InChI=1S/C12H24N2O/c1-4-5-6-7-8-9-10-12(15)13-11-14(2)3/h7-8H,4-6,9-11H2,1-3H3,(H,13,15)/b8-7+. The third kappa shape index (κ3) is 11.1. The van der Waals surface area contributed by atoms with Gasteiger partial charge in [0, 0.05) is 6.42 Å². The first-order chi connectivity index (χ1) is 7.16. The lowest BCUT2D eigenvalue weighted by Gasteiger charge is -2.10. The summed E-state index contributed by atoms with van der Waals surface area (Å²) in [6.07, 6.45) is 9.32. The second-order valence-electron chi connectivity index (χ2n) is 3.99. The van der Waals surface area contributed by atoms with E-state index in [-0.39, 0.29) is 5.91 Å². The lowest BCUT2D eigenvalue weighted by Crippen LogP contribution is -2.32. The van der Waals surface area contributed by atoms with Crippen LogP contribution >= 0.6 is 0 Å². The molecule has 0 unspecified atom stereocenters. The number of allylic oxidation sites excluding steroid dienone is 2. The fourth-order valence-electron chi connectivity index (χ4n) is 1.11. The van der Waals surface area contributed by atoms with Gasteiger partial charge in [-0.25, -0.2) is 0 Å². The van der Waals surface area contributed by atoms with E-state index in [1.807, 2.05) is 19.0 Å². The normalized spacial score (nSPS) is 11.2. The number of carbonyl (C=O) groups excluding carboxylic acids is 1. The molecule has 0 aliphatic heterocycles. The van der Waals surface area contributed by atoms with E-state index in [9.17, 15) is 4.79 Å². The molecule has 1 amide bonds. The van der Waals surface area contributed by atoms with Gasteiger partial charge in [0.25, 0.3) is 0 Å². The largest absolute Gasteiger partial charge is 0.343 e. The van der Waals surface area contributed by atoms with Crippen molar-refractivity contribution < 1.29 is 4.79 Å². The Bertz CT molecular complexity index is 188. The highest BCUT2D eigenvalue weighted by Gasteiger charge is 1.98. The fraction of sp³-hybridized carbons (Fsp3) is 0.750. The summed E-state index contributed by atoms with van der Waals surface area (Å²) in [7, 11) is 3.87. The van der Waals surface area contributed by atoms with Gasteiger partial charge in [-0.05, 0) is 26.9 Å². The van der Waals surface area contributed by atoms with Crippen molar-refractivity contribution in [1.29, 1.82) is 0 Å². The van der Waals surface area contributed by atoms with E-state index in [0.29, 0.717) is 13.1 Å². The highest BCUT2D eigenvalue weighted by molar-refractivity contribution is 5.75. The summed E-state index contributed by atoms with van der Waals surface area (Å²) >= 11 is 0. The molecule has 1 N–H and O–H groups in total. The number of nitrogens with zero attached hydrogens (tertiary/aromatic N) is 1. The van der Waals surface area contributed by atoms with Gasteiger partial charge in [-0.15, -0.1) is 0 Å². The highest BCUT2D eigenvalue weighted by atomic mass is 16.1. The second-order valence-corrected chi connectivity index (χ2v) is 3.99. The predicted molar refractivity (Wildman–Crippen MR) is 64.6 cm³/mol. The maximum atomic E-state index is 11.3. The van der Waals surface area contributed by atoms with Gasteiger partial charge in [-0.2, -0.15) is 0 Å². The molecule has 0 aromatic rings. The molecule has 0 heterocycles. The molecule has 0 radical (unpaired) electrons. The summed E-state index contributed by atoms with van der Waals surface area (Å²) in [5, 5.41) is 2.84. The van der Waals surface area contributed by atoms with Gasteiger partial charge in [0.05, 0.1) is 6.67 Å². The van der Waals surface area contributed by atoms with Gasteiger partial charge >= 0.3 is 0 Å². The van der Waals surface area contributed by atoms with Crippen LogP contribution in [0.3, 0.4) is 0 Å². The van der Waals surface area contributed by atoms with Crippen LogP contribution < -0.4 is 5.32 Å². The third-order valence-corrected chi connectivity index (χ3v) is 2.02. The molecule has 0 aliphatic carbocycles. The SMILES string of the molecule is CCCC/C=C/CCC(=O)NCN(C)C. The van der Waals surface area contributed by atoms with Crippen LogP contribution in [0, 0.1) is 0 Å². The maximum absolute atomic E-state index is 11.3. The molecule has 0 aliphatic rings. The zero-order valence-electron chi connectivity index (χ0n) is 10.3. The molecule has 15 heavy (non-hydrogen) atoms. The Balaban J connectivity index is 3.34. The van der Waals surface area contributed by atoms with Crippen molar-refractivity contribution in [3.05, 3.63) is 12.2 Å². The lowest BCUT2D eigenvalue weighted by atomic mass is 10.2. The maximum Gasteiger partial charge on any atom is 0.221 e. The van der Waals surface area contributed by atoms with Crippen LogP contribution in [-0.2, 0) is 4.79 Å². The van der Waals surface area contributed by atoms with Crippen LogP contribution in [0.2, 0.25) is 0 Å². The van der Waals surface area contributed by atoms with Crippen LogP contribution in [0.1, 0.15) is 39.0 Å². The second kappa shape index (κ2) is 9.71. The van der Waals surface area contributed by atoms with E-state index >= 15 is 0 Å². The molecule has 0 aromatic heterocycles. The summed E-state index contributed by atoms with van der Waals surface area (Å²) in [6.45, 7) is 2.81. The molecular weight excluding hydrogens is 188 g/mol. The van der Waals surface area contributed by atoms with Crippen molar-refractivity contribution in [2.75, 3.05) is 20.8 Å². The van der Waals surface area contributed by atoms with Gasteiger partial charge in [0.1, 0.15) is 0 Å². The number of hydrogen-bond donors (Lipinski definition) is 1. The number of carbonyl (C=O) groups is 1. The van der Waals surface area contributed by atoms with E-state index in [1.54, 1.807) is 0 Å². The Labute approximate surface area is 93.5 Å². The molecule has 0 spiro atoms. The van der Waals surface area contributed by atoms with Gasteiger partial charge in [0.15, 0.2) is 0 Å². The predicted octanol–water partition coefficient (Wildman–Crippen LogP) is 2.15. The summed E-state index contributed by atoms with van der Waals surface area (Å²) in [4.78, 5) is 13.2. The van der Waals surface area contributed by atoms with Crippen LogP contribution in [0.5, 0.6) is 0 Å². The van der Waals surface area contributed by atoms with Crippen molar-refractivity contribution in [2.24, 2.45) is 0 Å². The van der Waals surface area contributed by atoms with Gasteiger partial charge < -0.3 is 5.32 Å². The molecule has 0 bridgehead atoms. The van der Waals surface area contributed by atoms with Crippen LogP contribution in [0.4, 0.5) is 0 Å². The average Bonchev–Trinajstić information content (AvgIpc) is 2.20. The molecule has 0 atom stereocenters. The number of hydrogen-bond acceptors (Lipinski definition) is 2. The van der Waals surface area contributed by atoms with Gasteiger partial charge in [0.2, 0.25) is 5.91 Å². The van der Waals surface area contributed by atoms with Crippen molar-refractivity contribution in [1.82, 2.24) is 10.2 Å². The summed E-state index contributed by atoms with van der Waals surface area (Å²) in [5.41, 5.74) is 0. The minimum absolute atomic E-state index is 0.129. The van der Waals surface area contributed by atoms with Gasteiger partial charge in [-0.3, -0.25) is 9.69 Å². The average molecular weight is 212 g/mol. The van der Waals surface area contributed by atoms with Crippen LogP contribution in [0.25, 0.3) is 0 Å². The van der Waals surface area contributed by atoms with E-state index in [1.165, 1.54) is 12.8 Å². The Morgan fingerprint density at radius 3 is 2.53 bits per heavy atom. The lowest BCUT2D eigenvalue weighted by molar-refractivity contribution is -0.121. The highest BCUT2D eigenvalue weighted by Crippen LogP contribution is 1.97. The number of nitrogens with one attached hydrogen (secondary N) is 1. The first kappa shape index (κ1) is 14.2. The van der Waals surface area contributed by atoms with E-state index < -0.39 is 0 Å². The summed E-state index contributed by atoms with van der Waals surface area (Å²) < 4.78 is 0. The quantitative estimate of drug-likeness (QED) is 0.380. The Kier molecular flexibility index (Phi) is 9.18. The Morgan fingerprint density at radius 1 is 1.27 bits per heavy atom. The molecule has 0 aromatic carbocycles. The van der Waals surface area contributed by atoms with Gasteiger partial charge in [-0.1, -0.05) is 31.9 Å². The van der Waals surface area contributed by atoms with Crippen molar-refractivity contribution >= 4 is 5.91 Å². The topological polar surface area (TPSA) is 32.3 Å². The van der Waals surface area contributed by atoms with Crippen molar-refractivity contribution in [3.8, 4) is 0 Å². The molecule has 0 fully saturated rings. The third-order valence-electron chi connectivity index (χ3n) is 2.02. The minimum Gasteiger partial charge on any atom is -0.343 e. The smallest absolute Gasteiger partial charge is 0.221 e. The zero-order valence-corrected chi connectivity index (χ0v) is 10.3. The van der Waals surface area contributed by atoms with Crippen LogP contribution in [-0.4, -0.2) is 31.6 Å². The van der Waals surface area contributed by atoms with Crippen LogP contribution in [0.15, 0.2) is 12.2 Å². The van der Waals surface area contributed by atoms with E-state index in [2.05, 4.69) is 24.4 Å². The Morgan fingerprint density at radius 2 is 1.93 bits per heavy atom. The summed E-state index contributed by atoms with van der Waals surface area (Å²) in [6, 6.07) is 0. The number of rotatable bonds is 8. The number of unbranched alkanes of at least 4 members (excludes halogenated alkanes) is 2. The first-order valence-corrected chi connectivity index (χ1v) is 5.73.